The van der Waals surface area contributed by atoms with Crippen molar-refractivity contribution in [3.05, 3.63) is 285 Å². The van der Waals surface area contributed by atoms with Crippen LogP contribution >= 0.6 is 0 Å². The van der Waals surface area contributed by atoms with Gasteiger partial charge in [-0.25, -0.2) is 15.0 Å². The standard InChI is InChI=1S/C81H47N5O3/c1-3-16-48(17-4-1)49-32-34-50(35-33-49)79-82-80(60-24-14-30-74-76(60)64-46-53(38-42-72(64)87-74)51-36-40-68-62(44-51)56-20-7-10-26-66(56)85(68)55-18-5-2-6-19-55)84-81(83-79)61-25-15-31-75-77(61)65-47-54(39-43-73(65)88-75)52-37-41-69-63(45-52)57-21-8-11-27-67(57)86(69)70-28-13-23-59-58-22-9-12-29-71(58)89-78(59)70/h1-47H. The summed E-state index contributed by atoms with van der Waals surface area (Å²) < 4.78 is 24.8. The number of benzene rings is 13. The summed E-state index contributed by atoms with van der Waals surface area (Å²) in [6.07, 6.45) is 0. The predicted octanol–water partition coefficient (Wildman–Crippen LogP) is 21.8. The van der Waals surface area contributed by atoms with Crippen LogP contribution in [0.5, 0.6) is 0 Å². The van der Waals surface area contributed by atoms with Gasteiger partial charge in [0.1, 0.15) is 27.9 Å². The maximum Gasteiger partial charge on any atom is 0.164 e. The predicted molar refractivity (Wildman–Crippen MR) is 363 cm³/mol. The molecule has 0 saturated heterocycles. The number of furan rings is 3. The highest BCUT2D eigenvalue weighted by Crippen LogP contribution is 2.45. The van der Waals surface area contributed by atoms with Crippen molar-refractivity contribution < 1.29 is 13.3 Å². The second-order valence-corrected chi connectivity index (χ2v) is 23.0. The van der Waals surface area contributed by atoms with E-state index >= 15 is 0 Å². The molecule has 414 valence electrons. The maximum absolute atomic E-state index is 6.74. The summed E-state index contributed by atoms with van der Waals surface area (Å²) in [5.74, 6) is 1.60. The van der Waals surface area contributed by atoms with Crippen molar-refractivity contribution in [2.45, 2.75) is 0 Å². The number of hydrogen-bond donors (Lipinski definition) is 0. The molecule has 6 aromatic heterocycles. The summed E-state index contributed by atoms with van der Waals surface area (Å²) in [4.78, 5) is 16.3. The first-order valence-electron chi connectivity index (χ1n) is 30.0. The van der Waals surface area contributed by atoms with Crippen molar-refractivity contribution in [2.24, 2.45) is 0 Å². The Balaban J connectivity index is 0.766. The third kappa shape index (κ3) is 7.63. The fourth-order valence-corrected chi connectivity index (χ4v) is 13.9. The van der Waals surface area contributed by atoms with Gasteiger partial charge in [0.05, 0.1) is 27.8 Å². The van der Waals surface area contributed by atoms with Crippen LogP contribution in [-0.2, 0) is 0 Å². The van der Waals surface area contributed by atoms with E-state index in [0.717, 1.165) is 155 Å². The zero-order valence-electron chi connectivity index (χ0n) is 47.6. The van der Waals surface area contributed by atoms with Crippen molar-refractivity contribution in [3.63, 3.8) is 0 Å². The lowest BCUT2D eigenvalue weighted by atomic mass is 9.98. The molecule has 0 amide bonds. The normalized spacial score (nSPS) is 12.0. The van der Waals surface area contributed by atoms with Gasteiger partial charge in [-0.3, -0.25) is 0 Å². The number of rotatable bonds is 8. The molecule has 0 aliphatic carbocycles. The SMILES string of the molecule is c1ccc(-c2ccc(-c3nc(-c4cccc5oc6ccc(-c7ccc8c(c7)c7ccccc7n8-c7ccccc7)cc6c45)nc(-c4cccc5oc6ccc(-c7ccc8c(c7)c7ccccc7n8-c7cccc8c7oc7ccccc78)cc6c45)n3)cc2)cc1. The zero-order valence-corrected chi connectivity index (χ0v) is 47.6. The van der Waals surface area contributed by atoms with E-state index in [1.165, 1.54) is 16.3 Å². The Labute approximate surface area is 508 Å². The van der Waals surface area contributed by atoms with Crippen molar-refractivity contribution in [2.75, 3.05) is 0 Å². The Kier molecular flexibility index (Phi) is 10.6. The number of para-hydroxylation sites is 5. The van der Waals surface area contributed by atoms with Crippen molar-refractivity contribution in [3.8, 4) is 78.9 Å². The van der Waals surface area contributed by atoms with E-state index in [-0.39, 0.29) is 0 Å². The molecule has 0 saturated carbocycles. The molecule has 0 atom stereocenters. The van der Waals surface area contributed by atoms with E-state index in [2.05, 4.69) is 252 Å². The van der Waals surface area contributed by atoms with E-state index in [0.29, 0.717) is 17.5 Å². The highest BCUT2D eigenvalue weighted by atomic mass is 16.3. The summed E-state index contributed by atoms with van der Waals surface area (Å²) in [5, 5.41) is 10.7. The van der Waals surface area contributed by atoms with Crippen LogP contribution in [0.25, 0.3) is 188 Å². The largest absolute Gasteiger partial charge is 0.456 e. The van der Waals surface area contributed by atoms with E-state index in [1.54, 1.807) is 0 Å². The van der Waals surface area contributed by atoms with Gasteiger partial charge in [-0.15, -0.1) is 0 Å². The minimum atomic E-state index is 0.526. The quantitative estimate of drug-likeness (QED) is 0.151. The zero-order chi connectivity index (χ0) is 58.3. The number of aromatic nitrogens is 5. The first-order chi connectivity index (χ1) is 44.1. The smallest absolute Gasteiger partial charge is 0.164 e. The second kappa shape index (κ2) is 19.2. The maximum atomic E-state index is 6.74. The molecule has 0 radical (unpaired) electrons. The molecule has 0 N–H and O–H groups in total. The van der Waals surface area contributed by atoms with Crippen LogP contribution in [-0.4, -0.2) is 24.1 Å². The lowest BCUT2D eigenvalue weighted by molar-refractivity contribution is 0.666. The average molecular weight is 1140 g/mol. The van der Waals surface area contributed by atoms with Crippen LogP contribution in [0, 0.1) is 0 Å². The van der Waals surface area contributed by atoms with Crippen molar-refractivity contribution in [1.29, 1.82) is 0 Å². The number of hydrogen-bond acceptors (Lipinski definition) is 6. The van der Waals surface area contributed by atoms with Gasteiger partial charge in [0.15, 0.2) is 23.1 Å². The van der Waals surface area contributed by atoms with Crippen LogP contribution in [0.1, 0.15) is 0 Å². The average Bonchev–Trinajstić information content (AvgIpc) is 1.73. The molecule has 89 heavy (non-hydrogen) atoms. The molecule has 8 heteroatoms. The Hall–Kier alpha value is -12.1. The Morgan fingerprint density at radius 2 is 0.652 bits per heavy atom. The van der Waals surface area contributed by atoms with Crippen molar-refractivity contribution >= 4 is 109 Å². The van der Waals surface area contributed by atoms with Crippen LogP contribution in [0.4, 0.5) is 0 Å². The van der Waals surface area contributed by atoms with E-state index in [9.17, 15) is 0 Å². The van der Waals surface area contributed by atoms with Gasteiger partial charge in [-0.05, 0) is 130 Å². The van der Waals surface area contributed by atoms with Crippen LogP contribution in [0.15, 0.2) is 298 Å². The molecule has 0 aliphatic heterocycles. The highest BCUT2D eigenvalue weighted by Gasteiger charge is 2.24. The third-order valence-corrected chi connectivity index (χ3v) is 18.0. The molecule has 13 aromatic carbocycles. The molecule has 19 rings (SSSR count). The molecule has 0 fully saturated rings. The Morgan fingerprint density at radius 3 is 1.27 bits per heavy atom. The van der Waals surface area contributed by atoms with Gasteiger partial charge in [-0.1, -0.05) is 188 Å². The van der Waals surface area contributed by atoms with Gasteiger partial charge >= 0.3 is 0 Å². The van der Waals surface area contributed by atoms with E-state index in [1.807, 2.05) is 42.5 Å². The third-order valence-electron chi connectivity index (χ3n) is 18.0. The first kappa shape index (κ1) is 49.2. The molecular formula is C81H47N5O3. The fraction of sp³-hybridized carbons (Fsp3) is 0. The van der Waals surface area contributed by atoms with Crippen LogP contribution in [0.3, 0.4) is 0 Å². The summed E-state index contributed by atoms with van der Waals surface area (Å²) in [6.45, 7) is 0. The number of fused-ring (bicyclic) bond motifs is 15. The molecule has 0 spiro atoms. The van der Waals surface area contributed by atoms with Crippen LogP contribution < -0.4 is 0 Å². The van der Waals surface area contributed by atoms with Crippen molar-refractivity contribution in [1.82, 2.24) is 24.1 Å². The summed E-state index contributed by atoms with van der Waals surface area (Å²) in [5.41, 5.74) is 20.5. The van der Waals surface area contributed by atoms with Gasteiger partial charge in [-0.2, -0.15) is 0 Å². The molecule has 6 heterocycles. The summed E-state index contributed by atoms with van der Waals surface area (Å²) in [6, 6.07) is 100. The minimum absolute atomic E-state index is 0.526. The lowest BCUT2D eigenvalue weighted by Gasteiger charge is -2.11. The minimum Gasteiger partial charge on any atom is -0.456 e. The molecule has 0 aliphatic rings. The highest BCUT2D eigenvalue weighted by molar-refractivity contribution is 6.17. The first-order valence-corrected chi connectivity index (χ1v) is 30.0. The van der Waals surface area contributed by atoms with Crippen LogP contribution in [0.2, 0.25) is 0 Å². The monoisotopic (exact) mass is 1140 g/mol. The molecule has 19 aromatic rings. The van der Waals surface area contributed by atoms with Gasteiger partial charge < -0.3 is 22.4 Å². The lowest BCUT2D eigenvalue weighted by Crippen LogP contribution is -2.00. The Bertz CT molecular complexity index is 6110. The fourth-order valence-electron chi connectivity index (χ4n) is 13.9. The van der Waals surface area contributed by atoms with E-state index < -0.39 is 0 Å². The second-order valence-electron chi connectivity index (χ2n) is 23.0. The van der Waals surface area contributed by atoms with Gasteiger partial charge in [0.25, 0.3) is 0 Å². The topological polar surface area (TPSA) is 88.0 Å². The summed E-state index contributed by atoms with van der Waals surface area (Å²) in [7, 11) is 0. The molecular weight excluding hydrogens is 1090 g/mol. The molecule has 8 nitrogen and oxygen atoms in total. The van der Waals surface area contributed by atoms with Gasteiger partial charge in [0.2, 0.25) is 0 Å². The molecule has 0 bridgehead atoms. The van der Waals surface area contributed by atoms with E-state index in [4.69, 9.17) is 28.2 Å². The number of nitrogens with zero attached hydrogens (tertiary/aromatic N) is 5. The summed E-state index contributed by atoms with van der Waals surface area (Å²) >= 11 is 0. The Morgan fingerprint density at radius 1 is 0.236 bits per heavy atom. The molecule has 0 unspecified atom stereocenters. The van der Waals surface area contributed by atoms with Gasteiger partial charge in [0, 0.05) is 76.2 Å².